The molecule has 0 aromatic carbocycles. The minimum atomic E-state index is -5.25. The Morgan fingerprint density at radius 1 is 1.24 bits per heavy atom. The van der Waals surface area contributed by atoms with Gasteiger partial charge in [0.1, 0.15) is 0 Å². The molecule has 0 radical (unpaired) electrons. The summed E-state index contributed by atoms with van der Waals surface area (Å²) in [6.07, 6.45) is 1.46. The van der Waals surface area contributed by atoms with Crippen LogP contribution in [-0.4, -0.2) is 69.1 Å². The van der Waals surface area contributed by atoms with Crippen LogP contribution in [0.5, 0.6) is 0 Å². The highest BCUT2D eigenvalue weighted by Crippen LogP contribution is 2.28. The van der Waals surface area contributed by atoms with Gasteiger partial charge >= 0.3 is 15.5 Å². The number of ether oxygens (including phenoxy) is 1. The SMILES string of the molecule is CCNC(=NCCC(OCC)C(C)C)NC1CCN(S(=O)(=O)C(F)(F)F)CC1.I. The lowest BCUT2D eigenvalue weighted by molar-refractivity contribution is -0.0494. The fourth-order valence-electron chi connectivity index (χ4n) is 3.03. The van der Waals surface area contributed by atoms with Gasteiger partial charge in [0.25, 0.3) is 0 Å². The van der Waals surface area contributed by atoms with E-state index in [0.717, 1.165) is 6.42 Å². The van der Waals surface area contributed by atoms with E-state index in [1.54, 1.807) is 0 Å². The van der Waals surface area contributed by atoms with Crippen molar-refractivity contribution in [3.8, 4) is 0 Å². The summed E-state index contributed by atoms with van der Waals surface area (Å²) in [5, 5.41) is 6.31. The van der Waals surface area contributed by atoms with Crippen LogP contribution in [0.3, 0.4) is 0 Å². The number of halogens is 4. The lowest BCUT2D eigenvalue weighted by Gasteiger charge is -2.32. The van der Waals surface area contributed by atoms with Gasteiger partial charge in [-0.05, 0) is 39.0 Å². The smallest absolute Gasteiger partial charge is 0.378 e. The van der Waals surface area contributed by atoms with E-state index in [4.69, 9.17) is 4.74 Å². The molecule has 2 N–H and O–H groups in total. The first kappa shape index (κ1) is 28.7. The van der Waals surface area contributed by atoms with E-state index in [-0.39, 0.29) is 62.1 Å². The van der Waals surface area contributed by atoms with Gasteiger partial charge in [-0.1, -0.05) is 13.8 Å². The van der Waals surface area contributed by atoms with Gasteiger partial charge in [-0.2, -0.15) is 17.5 Å². The van der Waals surface area contributed by atoms with Crippen molar-refractivity contribution < 1.29 is 26.3 Å². The second kappa shape index (κ2) is 13.2. The molecule has 174 valence electrons. The number of hydrogen-bond acceptors (Lipinski definition) is 4. The third kappa shape index (κ3) is 9.13. The molecule has 1 saturated heterocycles. The maximum absolute atomic E-state index is 12.7. The Morgan fingerprint density at radius 2 is 1.83 bits per heavy atom. The van der Waals surface area contributed by atoms with Gasteiger partial charge in [0, 0.05) is 38.8 Å². The maximum Gasteiger partial charge on any atom is 0.511 e. The summed E-state index contributed by atoms with van der Waals surface area (Å²) in [6, 6.07) is -0.134. The molecule has 7 nitrogen and oxygen atoms in total. The molecule has 1 rings (SSSR count). The Labute approximate surface area is 189 Å². The highest BCUT2D eigenvalue weighted by Gasteiger charge is 2.50. The number of rotatable bonds is 9. The lowest BCUT2D eigenvalue weighted by atomic mass is 10.0. The largest absolute Gasteiger partial charge is 0.511 e. The second-order valence-corrected chi connectivity index (χ2v) is 8.99. The summed E-state index contributed by atoms with van der Waals surface area (Å²) in [7, 11) is -5.25. The van der Waals surface area contributed by atoms with Crippen LogP contribution in [0.2, 0.25) is 0 Å². The number of alkyl halides is 3. The molecule has 0 aliphatic carbocycles. The summed E-state index contributed by atoms with van der Waals surface area (Å²) < 4.78 is 67.1. The highest BCUT2D eigenvalue weighted by atomic mass is 127. The Bertz CT molecular complexity index is 595. The average molecular weight is 558 g/mol. The minimum absolute atomic E-state index is 0. The molecule has 0 aromatic rings. The van der Waals surface area contributed by atoms with Crippen molar-refractivity contribution in [2.75, 3.05) is 32.8 Å². The van der Waals surface area contributed by atoms with E-state index in [9.17, 15) is 21.6 Å². The van der Waals surface area contributed by atoms with Gasteiger partial charge in [-0.3, -0.25) is 4.99 Å². The van der Waals surface area contributed by atoms with Gasteiger partial charge in [0.05, 0.1) is 6.10 Å². The van der Waals surface area contributed by atoms with E-state index in [1.165, 1.54) is 0 Å². The molecule has 1 atom stereocenters. The predicted octanol–water partition coefficient (Wildman–Crippen LogP) is 2.92. The number of hydrogen-bond donors (Lipinski definition) is 2. The maximum atomic E-state index is 12.7. The fourth-order valence-corrected chi connectivity index (χ4v) is 4.01. The second-order valence-electron chi connectivity index (χ2n) is 7.06. The van der Waals surface area contributed by atoms with Crippen LogP contribution in [0.4, 0.5) is 13.2 Å². The fraction of sp³-hybridized carbons (Fsp3) is 0.941. The minimum Gasteiger partial charge on any atom is -0.378 e. The summed E-state index contributed by atoms with van der Waals surface area (Å²) in [5.74, 6) is 0.962. The van der Waals surface area contributed by atoms with Crippen LogP contribution in [-0.2, 0) is 14.8 Å². The van der Waals surface area contributed by atoms with Gasteiger partial charge < -0.3 is 15.4 Å². The molecule has 1 heterocycles. The average Bonchev–Trinajstić information content (AvgIpc) is 2.60. The van der Waals surface area contributed by atoms with E-state index < -0.39 is 15.5 Å². The molecule has 1 fully saturated rings. The highest BCUT2D eigenvalue weighted by molar-refractivity contribution is 14.0. The van der Waals surface area contributed by atoms with Gasteiger partial charge in [-0.25, -0.2) is 8.42 Å². The zero-order valence-corrected chi connectivity index (χ0v) is 20.6. The molecule has 0 spiro atoms. The number of nitrogens with zero attached hydrogens (tertiary/aromatic N) is 2. The third-order valence-corrected chi connectivity index (χ3v) is 6.21. The number of aliphatic imine (C=N–C) groups is 1. The Kier molecular flexibility index (Phi) is 13.0. The molecule has 0 amide bonds. The summed E-state index contributed by atoms with van der Waals surface area (Å²) in [4.78, 5) is 4.52. The van der Waals surface area contributed by atoms with Crippen LogP contribution < -0.4 is 10.6 Å². The number of piperidine rings is 1. The monoisotopic (exact) mass is 558 g/mol. The van der Waals surface area contributed by atoms with Crippen LogP contribution in [0.1, 0.15) is 47.0 Å². The molecule has 29 heavy (non-hydrogen) atoms. The van der Waals surface area contributed by atoms with E-state index >= 15 is 0 Å². The van der Waals surface area contributed by atoms with Crippen molar-refractivity contribution >= 4 is 40.0 Å². The lowest BCUT2D eigenvalue weighted by Crippen LogP contribution is -2.51. The molecule has 1 unspecified atom stereocenters. The van der Waals surface area contributed by atoms with E-state index in [2.05, 4.69) is 29.5 Å². The number of guanidine groups is 1. The summed E-state index contributed by atoms with van der Waals surface area (Å²) >= 11 is 0. The van der Waals surface area contributed by atoms with Gasteiger partial charge in [0.15, 0.2) is 5.96 Å². The predicted molar refractivity (Wildman–Crippen MR) is 119 cm³/mol. The quantitative estimate of drug-likeness (QED) is 0.259. The van der Waals surface area contributed by atoms with E-state index in [0.29, 0.717) is 35.9 Å². The zero-order chi connectivity index (χ0) is 21.4. The normalized spacial score (nSPS) is 18.4. The molecule has 0 aromatic heterocycles. The van der Waals surface area contributed by atoms with Gasteiger partial charge in [-0.15, -0.1) is 24.0 Å². The summed E-state index contributed by atoms with van der Waals surface area (Å²) in [6.45, 7) is 9.57. The van der Waals surface area contributed by atoms with Crippen molar-refractivity contribution in [2.24, 2.45) is 10.9 Å². The zero-order valence-electron chi connectivity index (χ0n) is 17.5. The first-order valence-electron chi connectivity index (χ1n) is 9.75. The number of sulfonamides is 1. The Morgan fingerprint density at radius 3 is 2.28 bits per heavy atom. The van der Waals surface area contributed by atoms with Crippen molar-refractivity contribution in [3.63, 3.8) is 0 Å². The van der Waals surface area contributed by atoms with Gasteiger partial charge in [0.2, 0.25) is 0 Å². The number of nitrogens with one attached hydrogen (secondary N) is 2. The van der Waals surface area contributed by atoms with Crippen LogP contribution >= 0.6 is 24.0 Å². The van der Waals surface area contributed by atoms with Crippen molar-refractivity contribution in [3.05, 3.63) is 0 Å². The molecule has 1 aliphatic heterocycles. The summed E-state index contributed by atoms with van der Waals surface area (Å²) in [5.41, 5.74) is -5.25. The molecule has 12 heteroatoms. The van der Waals surface area contributed by atoms with Crippen LogP contribution in [0, 0.1) is 5.92 Å². The molecular weight excluding hydrogens is 524 g/mol. The molecule has 0 saturated carbocycles. The van der Waals surface area contributed by atoms with Crippen molar-refractivity contribution in [2.45, 2.75) is 64.6 Å². The van der Waals surface area contributed by atoms with Crippen molar-refractivity contribution in [1.82, 2.24) is 14.9 Å². The molecular formula is C17H34F3IN4O3S. The Balaban J connectivity index is 0.00000784. The van der Waals surface area contributed by atoms with E-state index in [1.807, 2.05) is 13.8 Å². The van der Waals surface area contributed by atoms with Crippen LogP contribution in [0.15, 0.2) is 4.99 Å². The molecule has 0 bridgehead atoms. The Hall–Kier alpha value is -0.340. The topological polar surface area (TPSA) is 83.0 Å². The third-order valence-electron chi connectivity index (χ3n) is 4.58. The first-order valence-corrected chi connectivity index (χ1v) is 11.2. The first-order chi connectivity index (χ1) is 13.0. The molecule has 1 aliphatic rings. The van der Waals surface area contributed by atoms with Crippen molar-refractivity contribution in [1.29, 1.82) is 0 Å². The van der Waals surface area contributed by atoms with Crippen LogP contribution in [0.25, 0.3) is 0 Å². The standard InChI is InChI=1S/C17H33F3N4O3S.HI/c1-5-21-16(22-10-7-15(13(3)4)27-6-2)23-14-8-11-24(12-9-14)28(25,26)17(18,19)20;/h13-15H,5-12H2,1-4H3,(H2,21,22,23);1H.